The lowest BCUT2D eigenvalue weighted by Crippen LogP contribution is -2.24. The van der Waals surface area contributed by atoms with E-state index in [-0.39, 0.29) is 11.6 Å². The molecule has 0 saturated carbocycles. The molecule has 2 N–H and O–H groups in total. The highest BCUT2D eigenvalue weighted by Gasteiger charge is 2.15. The topological polar surface area (TPSA) is 57.8 Å². The van der Waals surface area contributed by atoms with E-state index in [0.29, 0.717) is 17.1 Å². The summed E-state index contributed by atoms with van der Waals surface area (Å²) < 4.78 is 0.678. The summed E-state index contributed by atoms with van der Waals surface area (Å²) in [5.74, 6) is 0.657. The summed E-state index contributed by atoms with van der Waals surface area (Å²) in [6, 6.07) is 14.7. The van der Waals surface area contributed by atoms with Gasteiger partial charge >= 0.3 is 0 Å². The number of benzene rings is 1. The summed E-state index contributed by atoms with van der Waals surface area (Å²) in [5, 5.41) is 7.51. The highest BCUT2D eigenvalue weighted by Crippen LogP contribution is 2.26. The van der Waals surface area contributed by atoms with Crippen molar-refractivity contribution in [2.24, 2.45) is 0 Å². The molecule has 25 heavy (non-hydrogen) atoms. The summed E-state index contributed by atoms with van der Waals surface area (Å²) in [7, 11) is 0. The molecule has 4 nitrogen and oxygen atoms in total. The molecule has 6 heteroatoms. The Kier molecular flexibility index (Phi) is 4.48. The molecule has 1 atom stereocenters. The van der Waals surface area contributed by atoms with Crippen molar-refractivity contribution in [1.29, 1.82) is 0 Å². The molecule has 3 aromatic heterocycles. The normalized spacial score (nSPS) is 12.5. The molecule has 0 radical (unpaired) electrons. The zero-order valence-electron chi connectivity index (χ0n) is 13.7. The molecule has 4 aromatic rings. The number of H-pyrrole nitrogens is 1. The number of aromatic amines is 1. The second-order valence-corrected chi connectivity index (χ2v) is 7.78. The number of hydrogen-bond donors (Lipinski definition) is 2. The first-order valence-electron chi connectivity index (χ1n) is 8.00. The minimum Gasteiger partial charge on any atom is -0.308 e. The average Bonchev–Trinajstić information content (AvgIpc) is 3.28. The van der Waals surface area contributed by atoms with E-state index in [4.69, 9.17) is 0 Å². The molecule has 0 bridgehead atoms. The molecule has 3 heterocycles. The molecule has 0 aliphatic rings. The lowest BCUT2D eigenvalue weighted by Gasteiger charge is -2.18. The maximum Gasteiger partial charge on any atom is 0.268 e. The first-order valence-corrected chi connectivity index (χ1v) is 9.76. The Balaban J connectivity index is 1.62. The van der Waals surface area contributed by atoms with Crippen LogP contribution in [0.3, 0.4) is 0 Å². The maximum atomic E-state index is 12.1. The van der Waals surface area contributed by atoms with Crippen LogP contribution in [0.5, 0.6) is 0 Å². The predicted molar refractivity (Wildman–Crippen MR) is 104 cm³/mol. The Hall–Kier alpha value is -2.28. The van der Waals surface area contributed by atoms with E-state index in [0.717, 1.165) is 5.52 Å². The standard InChI is InChI=1S/C19H17N3OS2/c1-12-4-6-13(7-5-12)17(15-3-2-9-24-15)20-11-16-21-14-8-10-25-18(14)19(23)22-16/h2-10,17,20H,11H2,1H3,(H,21,22,23)/t17-/m1/s1. The first-order chi connectivity index (χ1) is 12.2. The third-order valence-electron chi connectivity index (χ3n) is 4.08. The van der Waals surface area contributed by atoms with E-state index in [2.05, 4.69) is 64.0 Å². The summed E-state index contributed by atoms with van der Waals surface area (Å²) in [4.78, 5) is 20.8. The number of aromatic nitrogens is 2. The molecular formula is C19H17N3OS2. The molecule has 0 fully saturated rings. The second kappa shape index (κ2) is 6.92. The van der Waals surface area contributed by atoms with Gasteiger partial charge < -0.3 is 4.98 Å². The predicted octanol–water partition coefficient (Wildman–Crippen LogP) is 4.23. The molecule has 4 rings (SSSR count). The van der Waals surface area contributed by atoms with E-state index in [1.807, 2.05) is 11.4 Å². The SMILES string of the molecule is Cc1ccc([C@@H](NCc2nc3ccsc3c(=O)[nH]2)c2cccs2)cc1. The van der Waals surface area contributed by atoms with Gasteiger partial charge in [-0.15, -0.1) is 22.7 Å². The van der Waals surface area contributed by atoms with Crippen LogP contribution in [0, 0.1) is 6.92 Å². The summed E-state index contributed by atoms with van der Waals surface area (Å²) in [6.45, 7) is 2.58. The van der Waals surface area contributed by atoms with Crippen molar-refractivity contribution >= 4 is 32.9 Å². The van der Waals surface area contributed by atoms with Gasteiger partial charge in [-0.3, -0.25) is 10.1 Å². The minimum atomic E-state index is -0.0696. The number of rotatable bonds is 5. The van der Waals surface area contributed by atoms with Crippen molar-refractivity contribution in [3.63, 3.8) is 0 Å². The maximum absolute atomic E-state index is 12.1. The van der Waals surface area contributed by atoms with Crippen molar-refractivity contribution in [2.45, 2.75) is 19.5 Å². The number of aryl methyl sites for hydroxylation is 1. The molecule has 0 amide bonds. The number of thiophene rings is 2. The lowest BCUT2D eigenvalue weighted by atomic mass is 10.0. The van der Waals surface area contributed by atoms with Gasteiger partial charge in [0.05, 0.1) is 18.1 Å². The number of nitrogens with zero attached hydrogens (tertiary/aromatic N) is 1. The van der Waals surface area contributed by atoms with E-state index in [9.17, 15) is 4.79 Å². The van der Waals surface area contributed by atoms with Gasteiger partial charge in [-0.1, -0.05) is 35.9 Å². The molecule has 0 aliphatic carbocycles. The van der Waals surface area contributed by atoms with Gasteiger partial charge in [0.1, 0.15) is 10.5 Å². The largest absolute Gasteiger partial charge is 0.308 e. The van der Waals surface area contributed by atoms with Gasteiger partial charge in [0, 0.05) is 4.88 Å². The molecule has 0 spiro atoms. The zero-order valence-corrected chi connectivity index (χ0v) is 15.3. The van der Waals surface area contributed by atoms with Gasteiger partial charge in [0.25, 0.3) is 5.56 Å². The Bertz CT molecular complexity index is 1030. The van der Waals surface area contributed by atoms with E-state index >= 15 is 0 Å². The van der Waals surface area contributed by atoms with Crippen LogP contribution in [-0.2, 0) is 6.54 Å². The fraction of sp³-hybridized carbons (Fsp3) is 0.158. The third-order valence-corrected chi connectivity index (χ3v) is 5.92. The fourth-order valence-corrected chi connectivity index (χ4v) is 4.35. The summed E-state index contributed by atoms with van der Waals surface area (Å²) in [6.07, 6.45) is 0. The van der Waals surface area contributed by atoms with E-state index < -0.39 is 0 Å². The van der Waals surface area contributed by atoms with Crippen molar-refractivity contribution in [3.05, 3.63) is 85.4 Å². The van der Waals surface area contributed by atoms with Crippen LogP contribution >= 0.6 is 22.7 Å². The Labute approximate surface area is 153 Å². The first kappa shape index (κ1) is 16.2. The Morgan fingerprint density at radius 3 is 2.72 bits per heavy atom. The van der Waals surface area contributed by atoms with Crippen LogP contribution in [0.1, 0.15) is 27.9 Å². The fourth-order valence-electron chi connectivity index (χ4n) is 2.80. The molecule has 0 saturated heterocycles. The zero-order chi connectivity index (χ0) is 17.2. The van der Waals surface area contributed by atoms with Gasteiger partial charge in [-0.25, -0.2) is 4.98 Å². The van der Waals surface area contributed by atoms with E-state index in [1.54, 1.807) is 11.3 Å². The van der Waals surface area contributed by atoms with Gasteiger partial charge in [0.2, 0.25) is 0 Å². The molecule has 126 valence electrons. The highest BCUT2D eigenvalue weighted by atomic mass is 32.1. The second-order valence-electron chi connectivity index (χ2n) is 5.89. The minimum absolute atomic E-state index is 0.0696. The van der Waals surface area contributed by atoms with Gasteiger partial charge in [-0.05, 0) is 35.4 Å². The van der Waals surface area contributed by atoms with Crippen LogP contribution in [0.4, 0.5) is 0 Å². The Morgan fingerprint density at radius 2 is 1.96 bits per heavy atom. The van der Waals surface area contributed by atoms with Crippen LogP contribution in [0.2, 0.25) is 0 Å². The van der Waals surface area contributed by atoms with Gasteiger partial charge in [-0.2, -0.15) is 0 Å². The average molecular weight is 367 g/mol. The molecule has 1 aromatic carbocycles. The van der Waals surface area contributed by atoms with E-state index in [1.165, 1.54) is 27.3 Å². The summed E-state index contributed by atoms with van der Waals surface area (Å²) >= 11 is 3.14. The van der Waals surface area contributed by atoms with Crippen LogP contribution in [0.15, 0.2) is 58.0 Å². The molecule has 0 unspecified atom stereocenters. The van der Waals surface area contributed by atoms with Crippen LogP contribution < -0.4 is 10.9 Å². The highest BCUT2D eigenvalue weighted by molar-refractivity contribution is 7.17. The monoisotopic (exact) mass is 367 g/mol. The molecular weight excluding hydrogens is 350 g/mol. The van der Waals surface area contributed by atoms with Crippen molar-refractivity contribution in [3.8, 4) is 0 Å². The number of nitrogens with one attached hydrogen (secondary N) is 2. The Morgan fingerprint density at radius 1 is 1.12 bits per heavy atom. The van der Waals surface area contributed by atoms with Crippen molar-refractivity contribution < 1.29 is 0 Å². The van der Waals surface area contributed by atoms with Crippen LogP contribution in [0.25, 0.3) is 10.2 Å². The smallest absolute Gasteiger partial charge is 0.268 e. The van der Waals surface area contributed by atoms with Gasteiger partial charge in [0.15, 0.2) is 0 Å². The number of hydrogen-bond acceptors (Lipinski definition) is 5. The molecule has 0 aliphatic heterocycles. The lowest BCUT2D eigenvalue weighted by molar-refractivity contribution is 0.594. The summed E-state index contributed by atoms with van der Waals surface area (Å²) in [5.41, 5.74) is 3.13. The quantitative estimate of drug-likeness (QED) is 0.555. The van der Waals surface area contributed by atoms with Crippen molar-refractivity contribution in [2.75, 3.05) is 0 Å². The third kappa shape index (κ3) is 3.42. The van der Waals surface area contributed by atoms with Crippen LogP contribution in [-0.4, -0.2) is 9.97 Å². The van der Waals surface area contributed by atoms with Crippen molar-refractivity contribution in [1.82, 2.24) is 15.3 Å². The number of fused-ring (bicyclic) bond motifs is 1.